The summed E-state index contributed by atoms with van der Waals surface area (Å²) in [6.45, 7) is 3.57. The van der Waals surface area contributed by atoms with Crippen LogP contribution in [0.4, 0.5) is 5.69 Å². The third-order valence-corrected chi connectivity index (χ3v) is 5.68. The Labute approximate surface area is 164 Å². The first-order valence-electron chi connectivity index (χ1n) is 8.72. The zero-order valence-electron chi connectivity index (χ0n) is 15.9. The van der Waals surface area contributed by atoms with Gasteiger partial charge in [-0.15, -0.1) is 0 Å². The summed E-state index contributed by atoms with van der Waals surface area (Å²) in [6, 6.07) is 11.6. The normalized spacial score (nSPS) is 15.0. The van der Waals surface area contributed by atoms with Gasteiger partial charge in [-0.3, -0.25) is 4.79 Å². The zero-order chi connectivity index (χ0) is 20.3. The zero-order valence-corrected chi connectivity index (χ0v) is 16.7. The molecule has 0 bridgehead atoms. The number of fused-ring (bicyclic) bond motifs is 1. The highest BCUT2D eigenvalue weighted by molar-refractivity contribution is 7.89. The van der Waals surface area contributed by atoms with Gasteiger partial charge in [0.1, 0.15) is 5.75 Å². The maximum absolute atomic E-state index is 12.5. The summed E-state index contributed by atoms with van der Waals surface area (Å²) in [5, 5.41) is 2.76. The molecule has 0 radical (unpaired) electrons. The Bertz CT molecular complexity index is 1030. The van der Waals surface area contributed by atoms with E-state index in [1.54, 1.807) is 32.1 Å². The molecule has 0 spiro atoms. The van der Waals surface area contributed by atoms with Gasteiger partial charge in [0.25, 0.3) is 5.91 Å². The molecule has 8 heteroatoms. The molecule has 0 aromatic heterocycles. The molecule has 0 atom stereocenters. The van der Waals surface area contributed by atoms with Crippen molar-refractivity contribution in [2.45, 2.75) is 24.8 Å². The minimum absolute atomic E-state index is 0.0756. The van der Waals surface area contributed by atoms with Gasteiger partial charge in [0.05, 0.1) is 4.90 Å². The van der Waals surface area contributed by atoms with E-state index in [1.165, 1.54) is 19.2 Å². The SMILES string of the molecule is COCOc1ccccc1/C=C1\C(=O)Nc2ccc(S(=O)(=O)NC(C)C)cc21. The van der Waals surface area contributed by atoms with Crippen molar-refractivity contribution in [1.82, 2.24) is 4.72 Å². The van der Waals surface area contributed by atoms with Crippen molar-refractivity contribution in [3.05, 3.63) is 53.6 Å². The Hall–Kier alpha value is -2.68. The molecule has 2 aromatic rings. The number of ether oxygens (including phenoxy) is 2. The second-order valence-corrected chi connectivity index (χ2v) is 8.30. The quantitative estimate of drug-likeness (QED) is 0.549. The molecular weight excluding hydrogens is 380 g/mol. The van der Waals surface area contributed by atoms with Crippen LogP contribution in [0.15, 0.2) is 47.4 Å². The molecule has 0 aliphatic carbocycles. The number of anilines is 1. The third-order valence-electron chi connectivity index (χ3n) is 4.03. The van der Waals surface area contributed by atoms with Gasteiger partial charge < -0.3 is 14.8 Å². The lowest BCUT2D eigenvalue weighted by molar-refractivity contribution is -0.110. The molecule has 1 amide bonds. The van der Waals surface area contributed by atoms with E-state index in [4.69, 9.17) is 9.47 Å². The molecule has 1 heterocycles. The van der Waals surface area contributed by atoms with E-state index in [0.717, 1.165) is 0 Å². The van der Waals surface area contributed by atoms with Gasteiger partial charge in [0.15, 0.2) is 6.79 Å². The fourth-order valence-corrected chi connectivity index (χ4v) is 4.14. The number of amides is 1. The number of carbonyl (C=O) groups excluding carboxylic acids is 1. The lowest BCUT2D eigenvalue weighted by atomic mass is 10.0. The van der Waals surface area contributed by atoms with Gasteiger partial charge >= 0.3 is 0 Å². The molecule has 148 valence electrons. The number of benzene rings is 2. The first-order valence-corrected chi connectivity index (χ1v) is 10.2. The van der Waals surface area contributed by atoms with E-state index >= 15 is 0 Å². The minimum atomic E-state index is -3.67. The molecule has 1 aliphatic heterocycles. The number of methoxy groups -OCH3 is 1. The van der Waals surface area contributed by atoms with Crippen molar-refractivity contribution >= 4 is 33.3 Å². The van der Waals surface area contributed by atoms with Crippen LogP contribution in [-0.4, -0.2) is 34.3 Å². The minimum Gasteiger partial charge on any atom is -0.467 e. The van der Waals surface area contributed by atoms with Crippen LogP contribution in [0.2, 0.25) is 0 Å². The Morgan fingerprint density at radius 2 is 1.93 bits per heavy atom. The van der Waals surface area contributed by atoms with Crippen LogP contribution in [0.3, 0.4) is 0 Å². The van der Waals surface area contributed by atoms with Gasteiger partial charge in [-0.05, 0) is 44.2 Å². The lowest BCUT2D eigenvalue weighted by Gasteiger charge is -2.11. The number of hydrogen-bond donors (Lipinski definition) is 2. The van der Waals surface area contributed by atoms with Gasteiger partial charge in [0, 0.05) is 35.5 Å². The van der Waals surface area contributed by atoms with Crippen LogP contribution in [0.1, 0.15) is 25.0 Å². The Morgan fingerprint density at radius 1 is 1.18 bits per heavy atom. The van der Waals surface area contributed by atoms with E-state index in [0.29, 0.717) is 28.1 Å². The highest BCUT2D eigenvalue weighted by atomic mass is 32.2. The highest BCUT2D eigenvalue weighted by Crippen LogP contribution is 2.36. The number of rotatable bonds is 7. The smallest absolute Gasteiger partial charge is 0.256 e. The number of nitrogens with one attached hydrogen (secondary N) is 2. The Balaban J connectivity index is 2.04. The van der Waals surface area contributed by atoms with Crippen LogP contribution in [0.5, 0.6) is 5.75 Å². The van der Waals surface area contributed by atoms with Crippen molar-refractivity contribution in [3.63, 3.8) is 0 Å². The molecule has 0 fully saturated rings. The molecule has 0 unspecified atom stereocenters. The van der Waals surface area contributed by atoms with Gasteiger partial charge in [-0.2, -0.15) is 0 Å². The van der Waals surface area contributed by atoms with E-state index in [9.17, 15) is 13.2 Å². The van der Waals surface area contributed by atoms with Gasteiger partial charge in [-0.25, -0.2) is 13.1 Å². The molecule has 28 heavy (non-hydrogen) atoms. The van der Waals surface area contributed by atoms with Crippen LogP contribution < -0.4 is 14.8 Å². The monoisotopic (exact) mass is 402 g/mol. The number of hydrogen-bond acceptors (Lipinski definition) is 5. The van der Waals surface area contributed by atoms with Crippen LogP contribution >= 0.6 is 0 Å². The third kappa shape index (κ3) is 4.24. The molecule has 3 rings (SSSR count). The summed E-state index contributed by atoms with van der Waals surface area (Å²) >= 11 is 0. The maximum atomic E-state index is 12.5. The van der Waals surface area contributed by atoms with Gasteiger partial charge in [0.2, 0.25) is 10.0 Å². The fourth-order valence-electron chi connectivity index (χ4n) is 2.87. The maximum Gasteiger partial charge on any atom is 0.256 e. The molecule has 1 aliphatic rings. The van der Waals surface area contributed by atoms with Crippen LogP contribution in [0.25, 0.3) is 11.6 Å². The Kier molecular flexibility index (Phi) is 5.83. The average molecular weight is 402 g/mol. The predicted octanol–water partition coefficient (Wildman–Crippen LogP) is 2.85. The molecular formula is C20H22N2O5S. The number of para-hydroxylation sites is 1. The average Bonchev–Trinajstić information content (AvgIpc) is 2.95. The summed E-state index contributed by atoms with van der Waals surface area (Å²) in [7, 11) is -2.15. The van der Waals surface area contributed by atoms with Crippen molar-refractivity contribution in [1.29, 1.82) is 0 Å². The van der Waals surface area contributed by atoms with Crippen molar-refractivity contribution < 1.29 is 22.7 Å². The van der Waals surface area contributed by atoms with Gasteiger partial charge in [-0.1, -0.05) is 18.2 Å². The first-order chi connectivity index (χ1) is 13.3. The highest BCUT2D eigenvalue weighted by Gasteiger charge is 2.27. The van der Waals surface area contributed by atoms with Crippen LogP contribution in [-0.2, 0) is 19.6 Å². The number of carbonyl (C=O) groups is 1. The van der Waals surface area contributed by atoms with Crippen molar-refractivity contribution in [2.24, 2.45) is 0 Å². The predicted molar refractivity (Wildman–Crippen MR) is 107 cm³/mol. The second-order valence-electron chi connectivity index (χ2n) is 6.58. The summed E-state index contributed by atoms with van der Waals surface area (Å²) in [4.78, 5) is 12.6. The summed E-state index contributed by atoms with van der Waals surface area (Å²) in [6.07, 6.45) is 1.68. The van der Waals surface area contributed by atoms with E-state index in [1.807, 2.05) is 18.2 Å². The van der Waals surface area contributed by atoms with E-state index in [2.05, 4.69) is 10.0 Å². The summed E-state index contributed by atoms with van der Waals surface area (Å²) in [5.74, 6) is 0.256. The molecule has 2 N–H and O–H groups in total. The van der Waals surface area contributed by atoms with Crippen molar-refractivity contribution in [2.75, 3.05) is 19.2 Å². The topological polar surface area (TPSA) is 93.7 Å². The summed E-state index contributed by atoms with van der Waals surface area (Å²) < 4.78 is 38.0. The lowest BCUT2D eigenvalue weighted by Crippen LogP contribution is -2.30. The van der Waals surface area contributed by atoms with E-state index in [-0.39, 0.29) is 23.6 Å². The van der Waals surface area contributed by atoms with Crippen molar-refractivity contribution in [3.8, 4) is 5.75 Å². The molecule has 2 aromatic carbocycles. The first kappa shape index (κ1) is 20.1. The van der Waals surface area contributed by atoms with E-state index < -0.39 is 10.0 Å². The molecule has 7 nitrogen and oxygen atoms in total. The fraction of sp³-hybridized carbons (Fsp3) is 0.250. The molecule has 0 saturated heterocycles. The van der Waals surface area contributed by atoms with Crippen LogP contribution in [0, 0.1) is 0 Å². The second kappa shape index (κ2) is 8.14. The summed E-state index contributed by atoms with van der Waals surface area (Å²) in [5.41, 5.74) is 2.14. The standard InChI is InChI=1S/C20H22N2O5S/c1-13(2)22-28(24,25)15-8-9-18-16(11-15)17(20(23)21-18)10-14-6-4-5-7-19(14)27-12-26-3/h4-11,13,22H,12H2,1-3H3,(H,21,23)/b17-10-. The largest absolute Gasteiger partial charge is 0.467 e. The number of sulfonamides is 1. The Morgan fingerprint density at radius 3 is 2.64 bits per heavy atom. The molecule has 0 saturated carbocycles.